The molecule has 5 rings (SSSR count). The average molecular weight is 630 g/mol. The number of alkyl halides is 3. The zero-order valence-electron chi connectivity index (χ0n) is 23.3. The van der Waals surface area contributed by atoms with Crippen molar-refractivity contribution >= 4 is 30.2 Å². The molecular weight excluding hydrogens is 599 g/mol. The fourth-order valence-electron chi connectivity index (χ4n) is 6.63. The quantitative estimate of drug-likeness (QED) is 0.239. The Kier molecular flexibility index (Phi) is 8.98. The molecule has 5 atom stereocenters. The van der Waals surface area contributed by atoms with Crippen molar-refractivity contribution in [2.45, 2.75) is 80.4 Å². The van der Waals surface area contributed by atoms with E-state index in [1.54, 1.807) is 12.1 Å². The third-order valence-electron chi connectivity index (χ3n) is 8.38. The third-order valence-corrected chi connectivity index (χ3v) is 8.38. The molecule has 0 unspecified atom stereocenters. The van der Waals surface area contributed by atoms with Crippen LogP contribution >= 0.6 is 0 Å². The summed E-state index contributed by atoms with van der Waals surface area (Å²) in [7, 11) is 1.97. The first-order valence-electron chi connectivity index (χ1n) is 13.6. The summed E-state index contributed by atoms with van der Waals surface area (Å²) in [5.74, 6) is -4.52. The molecule has 1 spiro atoms. The molecule has 2 heterocycles. The molecule has 2 bridgehead atoms. The van der Waals surface area contributed by atoms with Crippen LogP contribution in [0.15, 0.2) is 24.0 Å². The smallest absolute Gasteiger partial charge is 0.446 e. The Balaban J connectivity index is 0.000000670. The lowest BCUT2D eigenvalue weighted by atomic mass is 9.52. The zero-order chi connectivity index (χ0) is 32.6. The molecule has 2 aliphatic carbocycles. The fraction of sp³-hybridized carbons (Fsp3) is 0.536. The molecule has 16 heteroatoms. The second kappa shape index (κ2) is 12.1. The summed E-state index contributed by atoms with van der Waals surface area (Å²) in [6.45, 7) is 0.757. The lowest BCUT2D eigenvalue weighted by molar-refractivity contribution is -0.168. The summed E-state index contributed by atoms with van der Waals surface area (Å²) in [6, 6.07) is 3.20. The number of carbonyl (C=O) groups is 5. The predicted molar refractivity (Wildman–Crippen MR) is 138 cm³/mol. The normalized spacial score (nSPS) is 27.2. The summed E-state index contributed by atoms with van der Waals surface area (Å²) < 4.78 is 47.8. The van der Waals surface area contributed by atoms with E-state index in [9.17, 15) is 42.6 Å². The second-order valence-electron chi connectivity index (χ2n) is 11.0. The van der Waals surface area contributed by atoms with Gasteiger partial charge in [-0.05, 0) is 50.6 Å². The molecular formula is C28H30F3NO12. The van der Waals surface area contributed by atoms with Crippen LogP contribution in [0.3, 0.4) is 0 Å². The number of ether oxygens (including phenoxy) is 3. The van der Waals surface area contributed by atoms with Crippen molar-refractivity contribution in [2.75, 3.05) is 13.6 Å². The Morgan fingerprint density at radius 3 is 2.45 bits per heavy atom. The molecule has 4 aliphatic rings. The van der Waals surface area contributed by atoms with E-state index >= 15 is 0 Å². The number of aliphatic hydroxyl groups is 1. The summed E-state index contributed by atoms with van der Waals surface area (Å²) in [4.78, 5) is 57.5. The number of likely N-dealkylation sites (N-methyl/N-ethyl adjacent to an activating group) is 1. The Bertz CT molecular complexity index is 1390. The topological polar surface area (TPSA) is 197 Å². The van der Waals surface area contributed by atoms with E-state index in [1.807, 2.05) is 13.1 Å². The Labute approximate surface area is 247 Å². The number of aromatic hydroxyl groups is 1. The summed E-state index contributed by atoms with van der Waals surface area (Å²) in [5.41, 5.74) is -0.461. The van der Waals surface area contributed by atoms with Crippen LogP contribution in [0.5, 0.6) is 11.5 Å². The van der Waals surface area contributed by atoms with Gasteiger partial charge in [-0.15, -0.1) is 0 Å². The van der Waals surface area contributed by atoms with E-state index in [1.165, 1.54) is 0 Å². The van der Waals surface area contributed by atoms with Crippen LogP contribution < -0.4 is 4.74 Å². The van der Waals surface area contributed by atoms with Gasteiger partial charge in [0.05, 0.1) is 30.3 Å². The van der Waals surface area contributed by atoms with Crippen molar-refractivity contribution in [3.05, 3.63) is 35.1 Å². The molecule has 0 amide bonds. The molecule has 1 aromatic carbocycles. The van der Waals surface area contributed by atoms with Gasteiger partial charge in [0.2, 0.25) is 12.4 Å². The van der Waals surface area contributed by atoms with E-state index in [4.69, 9.17) is 24.5 Å². The van der Waals surface area contributed by atoms with Gasteiger partial charge in [-0.3, -0.25) is 19.2 Å². The van der Waals surface area contributed by atoms with Crippen molar-refractivity contribution in [3.63, 3.8) is 0 Å². The minimum atomic E-state index is -4.64. The molecule has 4 N–H and O–H groups in total. The number of carboxylic acids is 2. The van der Waals surface area contributed by atoms with Gasteiger partial charge < -0.3 is 39.5 Å². The maximum Gasteiger partial charge on any atom is 0.446 e. The lowest BCUT2D eigenvalue weighted by Gasteiger charge is -2.56. The lowest BCUT2D eigenvalue weighted by Crippen LogP contribution is -2.69. The first-order valence-corrected chi connectivity index (χ1v) is 13.6. The van der Waals surface area contributed by atoms with Gasteiger partial charge in [-0.2, -0.15) is 13.2 Å². The number of phenols is 1. The van der Waals surface area contributed by atoms with Crippen LogP contribution in [0.25, 0.3) is 0 Å². The number of aliphatic carboxylic acids is 2. The number of aldehydes is 1. The Hall–Kier alpha value is -4.18. The highest BCUT2D eigenvalue weighted by molar-refractivity contribution is 5.84. The number of rotatable bonds is 8. The van der Waals surface area contributed by atoms with Gasteiger partial charge in [0, 0.05) is 18.0 Å². The summed E-state index contributed by atoms with van der Waals surface area (Å²) >= 11 is 0. The van der Waals surface area contributed by atoms with Crippen molar-refractivity contribution in [1.29, 1.82) is 0 Å². The molecule has 1 saturated heterocycles. The third kappa shape index (κ3) is 5.95. The van der Waals surface area contributed by atoms with Crippen molar-refractivity contribution < 1.29 is 71.8 Å². The minimum Gasteiger partial charge on any atom is -0.504 e. The predicted octanol–water partition coefficient (Wildman–Crippen LogP) is 1.60. The number of hydrogen-bond acceptors (Lipinski definition) is 11. The molecule has 2 aliphatic heterocycles. The number of carbonyl (C=O) groups excluding carboxylic acids is 3. The molecule has 240 valence electrons. The van der Waals surface area contributed by atoms with E-state index in [0.29, 0.717) is 12.8 Å². The monoisotopic (exact) mass is 629 g/mol. The van der Waals surface area contributed by atoms with Crippen molar-refractivity contribution in [1.82, 2.24) is 4.90 Å². The van der Waals surface area contributed by atoms with Crippen LogP contribution in [-0.4, -0.2) is 99.1 Å². The number of hydrogen-bond donors (Lipinski definition) is 4. The minimum absolute atomic E-state index is 0.0614. The van der Waals surface area contributed by atoms with Crippen LogP contribution in [0.2, 0.25) is 0 Å². The second-order valence-corrected chi connectivity index (χ2v) is 11.0. The maximum atomic E-state index is 12.7. The molecule has 1 fully saturated rings. The van der Waals surface area contributed by atoms with Crippen molar-refractivity contribution in [2.24, 2.45) is 0 Å². The number of nitrogens with zero attached hydrogens (tertiary/aromatic N) is 1. The SMILES string of the molecule is CN1CCC[C@]23c4c5ccc(O)c4O[C@H]2C(OC(=O)CCC(=O)O[C@H](CC(=O)O)C(=O)O)=CC[C@@]3(O)[C@H]1C5.O=CC(F)(F)F. The van der Waals surface area contributed by atoms with Crippen LogP contribution in [0.1, 0.15) is 49.7 Å². The van der Waals surface area contributed by atoms with E-state index in [-0.39, 0.29) is 29.7 Å². The number of esters is 2. The highest BCUT2D eigenvalue weighted by atomic mass is 19.4. The van der Waals surface area contributed by atoms with Gasteiger partial charge in [-0.25, -0.2) is 4.79 Å². The maximum absolute atomic E-state index is 12.7. The molecule has 0 saturated carbocycles. The highest BCUT2D eigenvalue weighted by Gasteiger charge is 2.71. The number of phenolic OH excluding ortho intramolecular Hbond substituents is 1. The molecule has 44 heavy (non-hydrogen) atoms. The van der Waals surface area contributed by atoms with Gasteiger partial charge in [0.15, 0.2) is 17.6 Å². The number of carboxylic acid groups (broad SMARTS) is 2. The number of benzene rings is 1. The average Bonchev–Trinajstić information content (AvgIpc) is 3.28. The van der Waals surface area contributed by atoms with E-state index in [2.05, 4.69) is 9.64 Å². The highest BCUT2D eigenvalue weighted by Crippen LogP contribution is 2.64. The molecule has 0 radical (unpaired) electrons. The molecule has 1 aromatic rings. The summed E-state index contributed by atoms with van der Waals surface area (Å²) in [6.07, 6.45) is -6.64. The van der Waals surface area contributed by atoms with Gasteiger partial charge in [0.25, 0.3) is 0 Å². The standard InChI is InChI=1S/C26H29NO11.C2HF3O/c1-27-10-2-8-25-21-13-3-4-14(28)22(21)38-23(25)15(7-9-26(25,35)17(27)11-13)36-19(31)5-6-20(32)37-16(24(33)34)12-18(29)30;3-2(4,5)1-6/h3-4,7,16-17,23,28,35H,2,5-6,8-12H2,1H3,(H,29,30)(H,33,34);1H/t16-,17-,23+,25+,26-;/m1./s1. The Morgan fingerprint density at radius 2 is 1.84 bits per heavy atom. The van der Waals surface area contributed by atoms with Gasteiger partial charge >= 0.3 is 30.1 Å². The first kappa shape index (κ1) is 32.7. The summed E-state index contributed by atoms with van der Waals surface area (Å²) in [5, 5.41) is 40.6. The van der Waals surface area contributed by atoms with Crippen LogP contribution in [0, 0.1) is 0 Å². The molecule has 13 nitrogen and oxygen atoms in total. The number of likely N-dealkylation sites (tertiary alicyclic amines) is 1. The van der Waals surface area contributed by atoms with Crippen molar-refractivity contribution in [3.8, 4) is 11.5 Å². The van der Waals surface area contributed by atoms with Crippen LogP contribution in [-0.2, 0) is 45.3 Å². The largest absolute Gasteiger partial charge is 0.504 e. The van der Waals surface area contributed by atoms with E-state index < -0.39 is 78.8 Å². The fourth-order valence-corrected chi connectivity index (χ4v) is 6.63. The zero-order valence-corrected chi connectivity index (χ0v) is 23.3. The van der Waals surface area contributed by atoms with E-state index in [0.717, 1.165) is 24.1 Å². The number of halogens is 3. The molecule has 0 aromatic heterocycles. The van der Waals surface area contributed by atoms with Crippen LogP contribution in [0.4, 0.5) is 13.2 Å². The van der Waals surface area contributed by atoms with Gasteiger partial charge in [-0.1, -0.05) is 6.07 Å². The first-order chi connectivity index (χ1) is 20.5. The Morgan fingerprint density at radius 1 is 1.18 bits per heavy atom. The van der Waals surface area contributed by atoms with Gasteiger partial charge in [0.1, 0.15) is 5.76 Å².